The van der Waals surface area contributed by atoms with Crippen LogP contribution in [0.3, 0.4) is 0 Å². The number of halogens is 2. The fourth-order valence-corrected chi connectivity index (χ4v) is 2.20. The van der Waals surface area contributed by atoms with E-state index in [0.29, 0.717) is 0 Å². The first-order chi connectivity index (χ1) is 8.99. The molecule has 0 saturated carbocycles. The van der Waals surface area contributed by atoms with E-state index >= 15 is 0 Å². The lowest BCUT2D eigenvalue weighted by Gasteiger charge is -2.23. The number of rotatable bonds is 6. The van der Waals surface area contributed by atoms with Crippen LogP contribution >= 0.6 is 23.4 Å². The summed E-state index contributed by atoms with van der Waals surface area (Å²) in [5, 5.41) is 11.7. The van der Waals surface area contributed by atoms with E-state index in [-0.39, 0.29) is 28.6 Å². The molecule has 1 aromatic heterocycles. The van der Waals surface area contributed by atoms with Gasteiger partial charge in [-0.1, -0.05) is 11.6 Å². The van der Waals surface area contributed by atoms with Crippen molar-refractivity contribution in [3.63, 3.8) is 0 Å². The molecule has 0 radical (unpaired) electrons. The van der Waals surface area contributed by atoms with Crippen LogP contribution in [-0.2, 0) is 0 Å². The lowest BCUT2D eigenvalue weighted by atomic mass is 10.1. The maximum Gasteiger partial charge on any atom is 0.166 e. The zero-order valence-electron chi connectivity index (χ0n) is 10.8. The number of pyridine rings is 1. The molecule has 0 spiro atoms. The molecule has 0 bridgehead atoms. The highest BCUT2D eigenvalue weighted by atomic mass is 35.5. The van der Waals surface area contributed by atoms with E-state index in [4.69, 9.17) is 22.6 Å². The molecule has 0 fully saturated rings. The number of hydrogen-bond acceptors (Lipinski definition) is 5. The van der Waals surface area contributed by atoms with E-state index < -0.39 is 5.82 Å². The molecule has 0 saturated heterocycles. The van der Waals surface area contributed by atoms with Gasteiger partial charge in [0.2, 0.25) is 0 Å². The number of aromatic nitrogens is 1. The summed E-state index contributed by atoms with van der Waals surface area (Å²) in [6.07, 6.45) is 2.78. The van der Waals surface area contributed by atoms with Crippen molar-refractivity contribution in [2.24, 2.45) is 5.73 Å². The van der Waals surface area contributed by atoms with Crippen molar-refractivity contribution in [2.75, 3.05) is 17.3 Å². The van der Waals surface area contributed by atoms with Crippen molar-refractivity contribution in [2.45, 2.75) is 25.4 Å². The molecule has 1 aromatic rings. The molecule has 104 valence electrons. The second-order valence-electron chi connectivity index (χ2n) is 4.16. The number of thioether (sulfide) groups is 1. The van der Waals surface area contributed by atoms with Crippen molar-refractivity contribution in [1.29, 1.82) is 5.26 Å². The highest BCUT2D eigenvalue weighted by Gasteiger charge is 2.17. The minimum atomic E-state index is -0.601. The van der Waals surface area contributed by atoms with Crippen LogP contribution < -0.4 is 11.1 Å². The van der Waals surface area contributed by atoms with Gasteiger partial charge in [0.15, 0.2) is 11.6 Å². The van der Waals surface area contributed by atoms with E-state index in [2.05, 4.69) is 10.3 Å². The Kier molecular flexibility index (Phi) is 6.35. The zero-order chi connectivity index (χ0) is 14.4. The fourth-order valence-electron chi connectivity index (χ4n) is 1.53. The Morgan fingerprint density at radius 1 is 1.68 bits per heavy atom. The molecule has 1 rings (SSSR count). The summed E-state index contributed by atoms with van der Waals surface area (Å²) in [5.74, 6) is 0.341. The smallest absolute Gasteiger partial charge is 0.166 e. The van der Waals surface area contributed by atoms with Crippen LogP contribution in [0.2, 0.25) is 5.15 Å². The average Bonchev–Trinajstić information content (AvgIpc) is 2.37. The van der Waals surface area contributed by atoms with Gasteiger partial charge in [-0.3, -0.25) is 0 Å². The van der Waals surface area contributed by atoms with Crippen molar-refractivity contribution >= 4 is 29.2 Å². The summed E-state index contributed by atoms with van der Waals surface area (Å²) in [6.45, 7) is 1.85. The lowest BCUT2D eigenvalue weighted by molar-refractivity contribution is 0.567. The molecule has 19 heavy (non-hydrogen) atoms. The van der Waals surface area contributed by atoms with Gasteiger partial charge in [0.05, 0.1) is 5.56 Å². The minimum absolute atomic E-state index is 0.0142. The fraction of sp³-hybridized carbons (Fsp3) is 0.500. The zero-order valence-corrected chi connectivity index (χ0v) is 12.4. The first-order valence-corrected chi connectivity index (χ1v) is 7.54. The average molecular weight is 303 g/mol. The Morgan fingerprint density at radius 3 is 2.89 bits per heavy atom. The predicted molar refractivity (Wildman–Crippen MR) is 78.0 cm³/mol. The number of nitrogens with one attached hydrogen (secondary N) is 1. The Bertz CT molecular complexity index is 476. The molecule has 0 aliphatic rings. The first-order valence-electron chi connectivity index (χ1n) is 5.76. The molecule has 4 nitrogen and oxygen atoms in total. The van der Waals surface area contributed by atoms with E-state index in [1.807, 2.05) is 13.2 Å². The molecule has 3 N–H and O–H groups in total. The van der Waals surface area contributed by atoms with Gasteiger partial charge in [0, 0.05) is 12.1 Å². The van der Waals surface area contributed by atoms with Gasteiger partial charge in [0.25, 0.3) is 0 Å². The topological polar surface area (TPSA) is 74.7 Å². The summed E-state index contributed by atoms with van der Waals surface area (Å²) in [4.78, 5) is 3.87. The van der Waals surface area contributed by atoms with Gasteiger partial charge in [-0.05, 0) is 31.4 Å². The van der Waals surface area contributed by atoms with Crippen molar-refractivity contribution in [3.05, 3.63) is 22.6 Å². The van der Waals surface area contributed by atoms with Crippen LogP contribution in [0.1, 0.15) is 18.9 Å². The van der Waals surface area contributed by atoms with Crippen molar-refractivity contribution in [1.82, 2.24) is 4.98 Å². The second-order valence-corrected chi connectivity index (χ2v) is 5.50. The normalized spacial score (nSPS) is 13.7. The quantitative estimate of drug-likeness (QED) is 0.790. The molecule has 7 heteroatoms. The molecule has 1 unspecified atom stereocenters. The Hall–Kier alpha value is -1.03. The summed E-state index contributed by atoms with van der Waals surface area (Å²) in [5.41, 5.74) is 5.88. The molecule has 0 amide bonds. The summed E-state index contributed by atoms with van der Waals surface area (Å²) in [6, 6.07) is 2.61. The summed E-state index contributed by atoms with van der Waals surface area (Å²) < 4.78 is 13.8. The van der Waals surface area contributed by atoms with Gasteiger partial charge in [-0.15, -0.1) is 0 Å². The van der Waals surface area contributed by atoms with Gasteiger partial charge < -0.3 is 11.1 Å². The highest BCUT2D eigenvalue weighted by Crippen LogP contribution is 2.21. The highest BCUT2D eigenvalue weighted by molar-refractivity contribution is 7.98. The third-order valence-electron chi connectivity index (χ3n) is 2.64. The number of anilines is 1. The van der Waals surface area contributed by atoms with Crippen LogP contribution in [0.4, 0.5) is 10.2 Å². The number of hydrogen-bond donors (Lipinski definition) is 2. The molecule has 1 heterocycles. The van der Waals surface area contributed by atoms with Crippen molar-refractivity contribution < 1.29 is 4.39 Å². The molecular weight excluding hydrogens is 287 g/mol. The van der Waals surface area contributed by atoms with Crippen LogP contribution in [0.15, 0.2) is 6.07 Å². The lowest BCUT2D eigenvalue weighted by Crippen LogP contribution is -2.38. The van der Waals surface area contributed by atoms with E-state index in [1.165, 1.54) is 0 Å². The first kappa shape index (κ1) is 16.0. The largest absolute Gasteiger partial charge is 0.363 e. The van der Waals surface area contributed by atoms with Crippen LogP contribution in [0.25, 0.3) is 0 Å². The van der Waals surface area contributed by atoms with Gasteiger partial charge >= 0.3 is 0 Å². The van der Waals surface area contributed by atoms with E-state index in [1.54, 1.807) is 17.8 Å². The monoisotopic (exact) mass is 302 g/mol. The molecule has 0 aliphatic heterocycles. The standard InChI is InChI=1S/C12H16ClFN4S/c1-7(16)10(3-4-19-2)17-12-9(14)5-8(6-15)11(13)18-12/h5,7,10H,3-4,16H2,1-2H3,(H,17,18)/t7-,10?/m0/s1. The number of nitriles is 1. The van der Waals surface area contributed by atoms with Crippen LogP contribution in [0.5, 0.6) is 0 Å². The molecular formula is C12H16ClFN4S. The van der Waals surface area contributed by atoms with E-state index in [0.717, 1.165) is 18.2 Å². The molecule has 2 atom stereocenters. The van der Waals surface area contributed by atoms with Crippen LogP contribution in [0, 0.1) is 17.1 Å². The van der Waals surface area contributed by atoms with Crippen LogP contribution in [-0.4, -0.2) is 29.1 Å². The summed E-state index contributed by atoms with van der Waals surface area (Å²) >= 11 is 7.49. The Labute approximate surface area is 121 Å². The predicted octanol–water partition coefficient (Wildman–Crippen LogP) is 2.63. The SMILES string of the molecule is CSCCC(Nc1nc(Cl)c(C#N)cc1F)[C@H](C)N. The van der Waals surface area contributed by atoms with Crippen molar-refractivity contribution in [3.8, 4) is 6.07 Å². The minimum Gasteiger partial charge on any atom is -0.363 e. The Balaban J connectivity index is 2.91. The summed E-state index contributed by atoms with van der Waals surface area (Å²) in [7, 11) is 0. The van der Waals surface area contributed by atoms with E-state index in [9.17, 15) is 4.39 Å². The number of nitrogens with zero attached hydrogens (tertiary/aromatic N) is 2. The maximum absolute atomic E-state index is 13.8. The second kappa shape index (κ2) is 7.53. The Morgan fingerprint density at radius 2 is 2.37 bits per heavy atom. The molecule has 0 aromatic carbocycles. The van der Waals surface area contributed by atoms with Gasteiger partial charge in [-0.2, -0.15) is 17.0 Å². The number of nitrogens with two attached hydrogens (primary N) is 1. The maximum atomic E-state index is 13.8. The molecule has 0 aliphatic carbocycles. The van der Waals surface area contributed by atoms with Gasteiger partial charge in [-0.25, -0.2) is 9.37 Å². The third kappa shape index (κ3) is 4.53. The van der Waals surface area contributed by atoms with Gasteiger partial charge in [0.1, 0.15) is 11.2 Å². The third-order valence-corrected chi connectivity index (χ3v) is 3.57.